The van der Waals surface area contributed by atoms with Crippen molar-refractivity contribution in [2.75, 3.05) is 33.0 Å². The van der Waals surface area contributed by atoms with Gasteiger partial charge >= 0.3 is 0 Å². The Hall–Kier alpha value is -1.72. The summed E-state index contributed by atoms with van der Waals surface area (Å²) in [6.07, 6.45) is 0.996. The second-order valence-corrected chi connectivity index (χ2v) is 4.63. The minimum absolute atomic E-state index is 0.547. The highest BCUT2D eigenvalue weighted by atomic mass is 16.5. The summed E-state index contributed by atoms with van der Waals surface area (Å²) >= 11 is 0. The highest BCUT2D eigenvalue weighted by Crippen LogP contribution is 2.17. The van der Waals surface area contributed by atoms with Crippen molar-refractivity contribution in [3.8, 4) is 0 Å². The van der Waals surface area contributed by atoms with Crippen LogP contribution in [-0.2, 0) is 11.3 Å². The number of methoxy groups -OCH3 is 1. The van der Waals surface area contributed by atoms with Gasteiger partial charge in [-0.05, 0) is 25.6 Å². The molecule has 102 valence electrons. The molecule has 5 nitrogen and oxygen atoms in total. The molecule has 1 heterocycles. The third-order valence-electron chi connectivity index (χ3n) is 2.98. The summed E-state index contributed by atoms with van der Waals surface area (Å²) in [5.41, 5.74) is 6.86. The number of para-hydroxylation sites is 1. The molecule has 0 atom stereocenters. The summed E-state index contributed by atoms with van der Waals surface area (Å²) in [6.45, 7) is 2.41. The molecule has 0 aliphatic rings. The van der Waals surface area contributed by atoms with Crippen molar-refractivity contribution in [2.24, 2.45) is 0 Å². The molecule has 19 heavy (non-hydrogen) atoms. The van der Waals surface area contributed by atoms with Crippen molar-refractivity contribution in [3.05, 3.63) is 30.1 Å². The van der Waals surface area contributed by atoms with Gasteiger partial charge in [0, 0.05) is 25.6 Å². The van der Waals surface area contributed by atoms with Gasteiger partial charge in [-0.3, -0.25) is 4.90 Å². The van der Waals surface area contributed by atoms with Crippen LogP contribution in [0.25, 0.3) is 10.9 Å². The molecule has 0 aliphatic heterocycles. The van der Waals surface area contributed by atoms with Crippen LogP contribution in [0.15, 0.2) is 24.3 Å². The normalized spacial score (nSPS) is 11.3. The molecule has 0 spiro atoms. The van der Waals surface area contributed by atoms with Crippen molar-refractivity contribution in [2.45, 2.75) is 13.0 Å². The third kappa shape index (κ3) is 3.62. The lowest BCUT2D eigenvalue weighted by Gasteiger charge is -2.15. The van der Waals surface area contributed by atoms with Gasteiger partial charge in [0.1, 0.15) is 11.6 Å². The molecule has 0 radical (unpaired) electrons. The Morgan fingerprint density at radius 3 is 2.84 bits per heavy atom. The fourth-order valence-electron chi connectivity index (χ4n) is 2.02. The van der Waals surface area contributed by atoms with Gasteiger partial charge in [0.05, 0.1) is 12.1 Å². The van der Waals surface area contributed by atoms with Gasteiger partial charge in [-0.15, -0.1) is 0 Å². The minimum atomic E-state index is 0.547. The second-order valence-electron chi connectivity index (χ2n) is 4.63. The number of benzene rings is 1. The van der Waals surface area contributed by atoms with Crippen LogP contribution >= 0.6 is 0 Å². The van der Waals surface area contributed by atoms with E-state index in [1.54, 1.807) is 7.11 Å². The number of hydrogen-bond acceptors (Lipinski definition) is 5. The Bertz CT molecular complexity index is 544. The standard InChI is InChI=1S/C14H20N4O/c1-18(8-5-9-19-2)10-13-16-12-7-4-3-6-11(12)14(15)17-13/h3-4,6-7H,5,8-10H2,1-2H3,(H2,15,16,17). The van der Waals surface area contributed by atoms with Gasteiger partial charge in [-0.25, -0.2) is 9.97 Å². The predicted molar refractivity (Wildman–Crippen MR) is 76.8 cm³/mol. The molecule has 0 saturated heterocycles. The zero-order valence-electron chi connectivity index (χ0n) is 11.5. The highest BCUT2D eigenvalue weighted by Gasteiger charge is 2.07. The van der Waals surface area contributed by atoms with Crippen LogP contribution in [0.5, 0.6) is 0 Å². The van der Waals surface area contributed by atoms with E-state index >= 15 is 0 Å². The first-order valence-corrected chi connectivity index (χ1v) is 6.39. The minimum Gasteiger partial charge on any atom is -0.385 e. The lowest BCUT2D eigenvalue weighted by atomic mass is 10.2. The van der Waals surface area contributed by atoms with Crippen molar-refractivity contribution in [1.29, 1.82) is 0 Å². The van der Waals surface area contributed by atoms with Crippen molar-refractivity contribution in [1.82, 2.24) is 14.9 Å². The molecule has 0 bridgehead atoms. The zero-order valence-corrected chi connectivity index (χ0v) is 11.5. The molecule has 2 N–H and O–H groups in total. The highest BCUT2D eigenvalue weighted by molar-refractivity contribution is 5.87. The maximum atomic E-state index is 5.96. The lowest BCUT2D eigenvalue weighted by molar-refractivity contribution is 0.177. The lowest BCUT2D eigenvalue weighted by Crippen LogP contribution is -2.21. The van der Waals surface area contributed by atoms with E-state index in [2.05, 4.69) is 14.9 Å². The van der Waals surface area contributed by atoms with E-state index in [1.807, 2.05) is 31.3 Å². The van der Waals surface area contributed by atoms with E-state index < -0.39 is 0 Å². The van der Waals surface area contributed by atoms with Gasteiger partial charge in [-0.2, -0.15) is 0 Å². The van der Waals surface area contributed by atoms with Crippen molar-refractivity contribution >= 4 is 16.7 Å². The Labute approximate surface area is 113 Å². The number of hydrogen-bond donors (Lipinski definition) is 1. The summed E-state index contributed by atoms with van der Waals surface area (Å²) in [5, 5.41) is 0.910. The largest absolute Gasteiger partial charge is 0.385 e. The average Bonchev–Trinajstić information content (AvgIpc) is 2.39. The van der Waals surface area contributed by atoms with Gasteiger partial charge in [0.25, 0.3) is 0 Å². The number of ether oxygens (including phenoxy) is 1. The topological polar surface area (TPSA) is 64.3 Å². The quantitative estimate of drug-likeness (QED) is 0.801. The molecule has 0 amide bonds. The van der Waals surface area contributed by atoms with Gasteiger partial charge in [0.2, 0.25) is 0 Å². The van der Waals surface area contributed by atoms with Crippen molar-refractivity contribution < 1.29 is 4.74 Å². The molecule has 0 aliphatic carbocycles. The molecule has 0 saturated carbocycles. The molecule has 2 rings (SSSR count). The predicted octanol–water partition coefficient (Wildman–Crippen LogP) is 1.68. The summed E-state index contributed by atoms with van der Waals surface area (Å²) < 4.78 is 5.04. The number of nitrogens with two attached hydrogens (primary N) is 1. The molecule has 0 fully saturated rings. The molecule has 1 aromatic carbocycles. The van der Waals surface area contributed by atoms with E-state index in [0.29, 0.717) is 12.4 Å². The first kappa shape index (κ1) is 13.7. The Balaban J connectivity index is 2.08. The molecule has 5 heteroatoms. The first-order valence-electron chi connectivity index (χ1n) is 6.39. The number of nitrogens with zero attached hydrogens (tertiary/aromatic N) is 3. The van der Waals surface area contributed by atoms with Crippen LogP contribution in [-0.4, -0.2) is 42.2 Å². The van der Waals surface area contributed by atoms with E-state index in [1.165, 1.54) is 0 Å². The third-order valence-corrected chi connectivity index (χ3v) is 2.98. The number of aromatic nitrogens is 2. The molecule has 2 aromatic rings. The molecular weight excluding hydrogens is 240 g/mol. The number of rotatable bonds is 6. The van der Waals surface area contributed by atoms with Crippen LogP contribution in [0.3, 0.4) is 0 Å². The Kier molecular flexibility index (Phi) is 4.65. The van der Waals surface area contributed by atoms with Crippen LogP contribution in [0.1, 0.15) is 12.2 Å². The maximum Gasteiger partial charge on any atom is 0.145 e. The van der Waals surface area contributed by atoms with Gasteiger partial charge < -0.3 is 10.5 Å². The SMILES string of the molecule is COCCCN(C)Cc1nc(N)c2ccccc2n1. The van der Waals surface area contributed by atoms with E-state index in [0.717, 1.165) is 36.3 Å². The number of anilines is 1. The fraction of sp³-hybridized carbons (Fsp3) is 0.429. The summed E-state index contributed by atoms with van der Waals surface area (Å²) in [4.78, 5) is 11.1. The molecule has 1 aromatic heterocycles. The smallest absolute Gasteiger partial charge is 0.145 e. The van der Waals surface area contributed by atoms with Crippen LogP contribution in [0.2, 0.25) is 0 Å². The van der Waals surface area contributed by atoms with Crippen LogP contribution in [0, 0.1) is 0 Å². The average molecular weight is 260 g/mol. The molecule has 0 unspecified atom stereocenters. The Morgan fingerprint density at radius 2 is 2.05 bits per heavy atom. The van der Waals surface area contributed by atoms with Gasteiger partial charge in [0.15, 0.2) is 0 Å². The second kappa shape index (κ2) is 6.45. The maximum absolute atomic E-state index is 5.96. The van der Waals surface area contributed by atoms with E-state index in [4.69, 9.17) is 10.5 Å². The zero-order chi connectivity index (χ0) is 13.7. The van der Waals surface area contributed by atoms with Crippen LogP contribution < -0.4 is 5.73 Å². The number of nitrogen functional groups attached to an aromatic ring is 1. The summed E-state index contributed by atoms with van der Waals surface area (Å²) in [5.74, 6) is 1.31. The van der Waals surface area contributed by atoms with Gasteiger partial charge in [-0.1, -0.05) is 12.1 Å². The summed E-state index contributed by atoms with van der Waals surface area (Å²) in [6, 6.07) is 7.80. The van der Waals surface area contributed by atoms with E-state index in [9.17, 15) is 0 Å². The van der Waals surface area contributed by atoms with Crippen LogP contribution in [0.4, 0.5) is 5.82 Å². The first-order chi connectivity index (χ1) is 9.20. The fourth-order valence-corrected chi connectivity index (χ4v) is 2.02. The summed E-state index contributed by atoms with van der Waals surface area (Å²) in [7, 11) is 3.76. The van der Waals surface area contributed by atoms with Crippen molar-refractivity contribution in [3.63, 3.8) is 0 Å². The number of fused-ring (bicyclic) bond motifs is 1. The Morgan fingerprint density at radius 1 is 1.26 bits per heavy atom. The molecular formula is C14H20N4O. The van der Waals surface area contributed by atoms with E-state index in [-0.39, 0.29) is 0 Å². The monoisotopic (exact) mass is 260 g/mol.